The van der Waals surface area contributed by atoms with Crippen molar-refractivity contribution in [1.29, 1.82) is 0 Å². The van der Waals surface area contributed by atoms with Gasteiger partial charge in [-0.05, 0) is 31.2 Å². The first-order chi connectivity index (χ1) is 10.2. The first-order valence-corrected chi connectivity index (χ1v) is 7.02. The smallest absolute Gasteiger partial charge is 0.161 e. The minimum absolute atomic E-state index is 0.663. The summed E-state index contributed by atoms with van der Waals surface area (Å²) in [5, 5.41) is 3.96. The van der Waals surface area contributed by atoms with Gasteiger partial charge in [-0.2, -0.15) is 0 Å². The number of aromatic nitrogens is 2. The highest BCUT2D eigenvalue weighted by atomic mass is 35.5. The van der Waals surface area contributed by atoms with Gasteiger partial charge < -0.3 is 5.32 Å². The van der Waals surface area contributed by atoms with E-state index in [1.54, 1.807) is 0 Å². The molecule has 0 saturated carbocycles. The zero-order valence-electron chi connectivity index (χ0n) is 11.5. The van der Waals surface area contributed by atoms with E-state index >= 15 is 0 Å². The molecule has 0 fully saturated rings. The van der Waals surface area contributed by atoms with Gasteiger partial charge in [0.1, 0.15) is 5.82 Å². The molecule has 0 bridgehead atoms. The summed E-state index contributed by atoms with van der Waals surface area (Å²) in [7, 11) is 0. The number of hydrogen-bond acceptors (Lipinski definition) is 3. The lowest BCUT2D eigenvalue weighted by Crippen LogP contribution is -1.99. The van der Waals surface area contributed by atoms with E-state index in [9.17, 15) is 0 Å². The van der Waals surface area contributed by atoms with Crippen LogP contribution in [0.1, 0.15) is 5.69 Å². The first kappa shape index (κ1) is 13.6. The Balaban J connectivity index is 1.97. The molecule has 1 N–H and O–H groups in total. The standard InChI is InChI=1S/C17H14ClN3/c1-12-10-16(20-15-8-3-2-4-9-15)21-17(19-12)13-6-5-7-14(18)11-13/h2-11H,1H3,(H,19,20,21). The molecule has 3 rings (SSSR count). The molecule has 0 saturated heterocycles. The average molecular weight is 296 g/mol. The van der Waals surface area contributed by atoms with E-state index in [1.807, 2.05) is 67.6 Å². The number of rotatable bonds is 3. The Morgan fingerprint density at radius 3 is 2.48 bits per heavy atom. The van der Waals surface area contributed by atoms with Gasteiger partial charge in [-0.15, -0.1) is 0 Å². The van der Waals surface area contributed by atoms with Crippen molar-refractivity contribution in [2.24, 2.45) is 0 Å². The number of anilines is 2. The molecule has 0 aliphatic rings. The van der Waals surface area contributed by atoms with Gasteiger partial charge in [0.15, 0.2) is 5.82 Å². The quantitative estimate of drug-likeness (QED) is 0.750. The predicted molar refractivity (Wildman–Crippen MR) is 86.9 cm³/mol. The van der Waals surface area contributed by atoms with E-state index in [0.29, 0.717) is 10.8 Å². The third kappa shape index (κ3) is 3.38. The monoisotopic (exact) mass is 295 g/mol. The van der Waals surface area contributed by atoms with Gasteiger partial charge in [0.2, 0.25) is 0 Å². The highest BCUT2D eigenvalue weighted by Gasteiger charge is 2.06. The van der Waals surface area contributed by atoms with Crippen LogP contribution in [0.15, 0.2) is 60.7 Å². The third-order valence-corrected chi connectivity index (χ3v) is 3.22. The third-order valence-electron chi connectivity index (χ3n) is 2.98. The molecule has 2 aromatic carbocycles. The molecular formula is C17H14ClN3. The number of aryl methyl sites for hydroxylation is 1. The Morgan fingerprint density at radius 1 is 0.905 bits per heavy atom. The molecule has 4 heteroatoms. The summed E-state index contributed by atoms with van der Waals surface area (Å²) in [5.41, 5.74) is 2.80. The number of benzene rings is 2. The molecule has 3 aromatic rings. The zero-order chi connectivity index (χ0) is 14.7. The lowest BCUT2D eigenvalue weighted by molar-refractivity contribution is 1.11. The summed E-state index contributed by atoms with van der Waals surface area (Å²) in [5.74, 6) is 1.43. The van der Waals surface area contributed by atoms with Gasteiger partial charge in [-0.25, -0.2) is 9.97 Å². The van der Waals surface area contributed by atoms with Gasteiger partial charge in [0, 0.05) is 28.0 Å². The molecule has 104 valence electrons. The lowest BCUT2D eigenvalue weighted by Gasteiger charge is -2.09. The molecule has 1 aromatic heterocycles. The van der Waals surface area contributed by atoms with Crippen molar-refractivity contribution in [2.75, 3.05) is 5.32 Å². The van der Waals surface area contributed by atoms with Crippen LogP contribution in [0.4, 0.5) is 11.5 Å². The topological polar surface area (TPSA) is 37.8 Å². The lowest BCUT2D eigenvalue weighted by atomic mass is 10.2. The highest BCUT2D eigenvalue weighted by molar-refractivity contribution is 6.30. The molecular weight excluding hydrogens is 282 g/mol. The van der Waals surface area contributed by atoms with Gasteiger partial charge in [0.05, 0.1) is 0 Å². The number of hydrogen-bond donors (Lipinski definition) is 1. The van der Waals surface area contributed by atoms with Crippen molar-refractivity contribution in [3.05, 3.63) is 71.4 Å². The highest BCUT2D eigenvalue weighted by Crippen LogP contribution is 2.22. The van der Waals surface area contributed by atoms with Crippen molar-refractivity contribution in [2.45, 2.75) is 6.92 Å². The second-order valence-electron chi connectivity index (χ2n) is 4.72. The Labute approximate surface area is 128 Å². The summed E-state index contributed by atoms with van der Waals surface area (Å²) in [6.45, 7) is 1.95. The Bertz CT molecular complexity index is 757. The van der Waals surface area contributed by atoms with Crippen molar-refractivity contribution in [1.82, 2.24) is 9.97 Å². The average Bonchev–Trinajstić information content (AvgIpc) is 2.48. The summed E-state index contributed by atoms with van der Waals surface area (Å²) < 4.78 is 0. The number of nitrogens with one attached hydrogen (secondary N) is 1. The van der Waals surface area contributed by atoms with E-state index in [2.05, 4.69) is 15.3 Å². The maximum Gasteiger partial charge on any atom is 0.161 e. The van der Waals surface area contributed by atoms with Crippen LogP contribution in [0.5, 0.6) is 0 Å². The van der Waals surface area contributed by atoms with Crippen LogP contribution in [0.25, 0.3) is 11.4 Å². The first-order valence-electron chi connectivity index (χ1n) is 6.64. The predicted octanol–water partition coefficient (Wildman–Crippen LogP) is 4.85. The number of halogens is 1. The van der Waals surface area contributed by atoms with Crippen LogP contribution < -0.4 is 5.32 Å². The van der Waals surface area contributed by atoms with Crippen molar-refractivity contribution in [3.8, 4) is 11.4 Å². The van der Waals surface area contributed by atoms with E-state index in [1.165, 1.54) is 0 Å². The van der Waals surface area contributed by atoms with E-state index in [-0.39, 0.29) is 0 Å². The van der Waals surface area contributed by atoms with Crippen LogP contribution in [-0.2, 0) is 0 Å². The van der Waals surface area contributed by atoms with Crippen molar-refractivity contribution in [3.63, 3.8) is 0 Å². The van der Waals surface area contributed by atoms with Crippen LogP contribution >= 0.6 is 11.6 Å². The van der Waals surface area contributed by atoms with Gasteiger partial charge in [-0.1, -0.05) is 41.9 Å². The summed E-state index contributed by atoms with van der Waals surface area (Å²) in [6.07, 6.45) is 0. The summed E-state index contributed by atoms with van der Waals surface area (Å²) in [4.78, 5) is 9.04. The molecule has 0 unspecified atom stereocenters. The van der Waals surface area contributed by atoms with Gasteiger partial charge >= 0.3 is 0 Å². The van der Waals surface area contributed by atoms with E-state index in [0.717, 1.165) is 22.8 Å². The van der Waals surface area contributed by atoms with Crippen molar-refractivity contribution < 1.29 is 0 Å². The second kappa shape index (κ2) is 5.94. The fourth-order valence-electron chi connectivity index (χ4n) is 2.06. The Hall–Kier alpha value is -2.39. The molecule has 3 nitrogen and oxygen atoms in total. The SMILES string of the molecule is Cc1cc(Nc2ccccc2)nc(-c2cccc(Cl)c2)n1. The molecule has 0 aliphatic carbocycles. The number of para-hydroxylation sites is 1. The molecule has 21 heavy (non-hydrogen) atoms. The Morgan fingerprint density at radius 2 is 1.71 bits per heavy atom. The normalized spacial score (nSPS) is 10.4. The second-order valence-corrected chi connectivity index (χ2v) is 5.16. The Kier molecular flexibility index (Phi) is 3.84. The van der Waals surface area contributed by atoms with Crippen LogP contribution in [0.3, 0.4) is 0 Å². The molecule has 0 radical (unpaired) electrons. The fourth-order valence-corrected chi connectivity index (χ4v) is 2.25. The maximum atomic E-state index is 6.03. The molecule has 0 amide bonds. The molecule has 0 atom stereocenters. The molecule has 0 spiro atoms. The van der Waals surface area contributed by atoms with E-state index < -0.39 is 0 Å². The number of nitrogens with zero attached hydrogens (tertiary/aromatic N) is 2. The summed E-state index contributed by atoms with van der Waals surface area (Å²) in [6, 6.07) is 19.4. The van der Waals surface area contributed by atoms with Crippen LogP contribution in [0, 0.1) is 6.92 Å². The minimum Gasteiger partial charge on any atom is -0.340 e. The zero-order valence-corrected chi connectivity index (χ0v) is 12.3. The molecule has 0 aliphatic heterocycles. The molecule has 1 heterocycles. The summed E-state index contributed by atoms with van der Waals surface area (Å²) >= 11 is 6.03. The largest absolute Gasteiger partial charge is 0.340 e. The fraction of sp³-hybridized carbons (Fsp3) is 0.0588. The van der Waals surface area contributed by atoms with Crippen LogP contribution in [-0.4, -0.2) is 9.97 Å². The van der Waals surface area contributed by atoms with Gasteiger partial charge in [0.25, 0.3) is 0 Å². The minimum atomic E-state index is 0.663. The van der Waals surface area contributed by atoms with Crippen molar-refractivity contribution >= 4 is 23.1 Å². The van der Waals surface area contributed by atoms with E-state index in [4.69, 9.17) is 11.6 Å². The van der Waals surface area contributed by atoms with Gasteiger partial charge in [-0.3, -0.25) is 0 Å². The van der Waals surface area contributed by atoms with Crippen LogP contribution in [0.2, 0.25) is 5.02 Å². The maximum absolute atomic E-state index is 6.03.